The zero-order chi connectivity index (χ0) is 11.8. The summed E-state index contributed by atoms with van der Waals surface area (Å²) < 4.78 is 6.08. The van der Waals surface area contributed by atoms with E-state index in [1.54, 1.807) is 0 Å². The van der Waals surface area contributed by atoms with Crippen molar-refractivity contribution in [2.45, 2.75) is 51.6 Å². The van der Waals surface area contributed by atoms with Gasteiger partial charge in [0.1, 0.15) is 0 Å². The smallest absolute Gasteiger partial charge is 0.0937 e. The minimum atomic E-state index is -0.0155. The maximum atomic E-state index is 6.08. The van der Waals surface area contributed by atoms with E-state index in [1.165, 1.54) is 35.1 Å². The van der Waals surface area contributed by atoms with E-state index in [0.29, 0.717) is 0 Å². The van der Waals surface area contributed by atoms with Crippen LogP contribution >= 0.6 is 0 Å². The monoisotopic (exact) mass is 218 g/mol. The third kappa shape index (κ3) is 1.78. The first kappa shape index (κ1) is 11.7. The summed E-state index contributed by atoms with van der Waals surface area (Å²) in [6.45, 7) is 13.4. The van der Waals surface area contributed by atoms with Crippen LogP contribution in [0.4, 0.5) is 0 Å². The highest BCUT2D eigenvalue weighted by Gasteiger charge is 2.42. The SMILES string of the molecule is C=C(C)C1=C(C(=C)C)C2(CCCO2)CCC1. The molecule has 2 aliphatic rings. The van der Waals surface area contributed by atoms with Crippen LogP contribution in [0.5, 0.6) is 0 Å². The van der Waals surface area contributed by atoms with Crippen LogP contribution < -0.4 is 0 Å². The maximum Gasteiger partial charge on any atom is 0.0937 e. The first-order valence-corrected chi connectivity index (χ1v) is 6.26. The molecule has 16 heavy (non-hydrogen) atoms. The molecule has 1 aliphatic carbocycles. The van der Waals surface area contributed by atoms with E-state index in [4.69, 9.17) is 4.74 Å². The Bertz CT molecular complexity index is 354. The Morgan fingerprint density at radius 2 is 1.81 bits per heavy atom. The summed E-state index contributed by atoms with van der Waals surface area (Å²) in [5.41, 5.74) is 5.11. The third-order valence-electron chi connectivity index (χ3n) is 3.81. The fraction of sp³-hybridized carbons (Fsp3) is 0.600. The molecule has 0 aromatic carbocycles. The molecule has 0 N–H and O–H groups in total. The van der Waals surface area contributed by atoms with Gasteiger partial charge in [-0.05, 0) is 57.1 Å². The molecule has 1 fully saturated rings. The summed E-state index contributed by atoms with van der Waals surface area (Å²) in [7, 11) is 0. The van der Waals surface area contributed by atoms with Crippen molar-refractivity contribution in [2.75, 3.05) is 6.61 Å². The first-order valence-electron chi connectivity index (χ1n) is 6.26. The van der Waals surface area contributed by atoms with E-state index in [9.17, 15) is 0 Å². The molecule has 0 aromatic heterocycles. The van der Waals surface area contributed by atoms with Gasteiger partial charge in [0.15, 0.2) is 0 Å². The molecule has 1 atom stereocenters. The van der Waals surface area contributed by atoms with Gasteiger partial charge in [-0.1, -0.05) is 24.3 Å². The van der Waals surface area contributed by atoms with Crippen LogP contribution in [-0.4, -0.2) is 12.2 Å². The topological polar surface area (TPSA) is 9.23 Å². The molecule has 0 radical (unpaired) electrons. The molecular weight excluding hydrogens is 196 g/mol. The molecule has 88 valence electrons. The van der Waals surface area contributed by atoms with Gasteiger partial charge in [-0.15, -0.1) is 0 Å². The molecule has 1 unspecified atom stereocenters. The predicted octanol–water partition coefficient (Wildman–Crippen LogP) is 4.17. The highest BCUT2D eigenvalue weighted by atomic mass is 16.5. The Balaban J connectivity index is 2.50. The van der Waals surface area contributed by atoms with Gasteiger partial charge in [-0.3, -0.25) is 0 Å². The fourth-order valence-corrected chi connectivity index (χ4v) is 3.24. The molecule has 1 nitrogen and oxygen atoms in total. The number of hydrogen-bond acceptors (Lipinski definition) is 1. The van der Waals surface area contributed by atoms with Gasteiger partial charge >= 0.3 is 0 Å². The van der Waals surface area contributed by atoms with Gasteiger partial charge in [0.25, 0.3) is 0 Å². The van der Waals surface area contributed by atoms with Crippen molar-refractivity contribution in [1.29, 1.82) is 0 Å². The van der Waals surface area contributed by atoms with Gasteiger partial charge in [-0.25, -0.2) is 0 Å². The lowest BCUT2D eigenvalue weighted by molar-refractivity contribution is 0.0236. The van der Waals surface area contributed by atoms with E-state index in [-0.39, 0.29) is 5.60 Å². The summed E-state index contributed by atoms with van der Waals surface area (Å²) >= 11 is 0. The Kier molecular flexibility index (Phi) is 3.07. The number of hydrogen-bond donors (Lipinski definition) is 0. The summed E-state index contributed by atoms with van der Waals surface area (Å²) in [5, 5.41) is 0. The lowest BCUT2D eigenvalue weighted by Crippen LogP contribution is -2.34. The molecule has 1 saturated heterocycles. The molecule has 0 aromatic rings. The van der Waals surface area contributed by atoms with Crippen LogP contribution in [0.2, 0.25) is 0 Å². The molecule has 0 amide bonds. The van der Waals surface area contributed by atoms with Crippen molar-refractivity contribution in [2.24, 2.45) is 0 Å². The molecule has 1 spiro atoms. The molecule has 1 aliphatic heterocycles. The minimum absolute atomic E-state index is 0.0155. The third-order valence-corrected chi connectivity index (χ3v) is 3.81. The summed E-state index contributed by atoms with van der Waals surface area (Å²) in [6.07, 6.45) is 5.86. The fourth-order valence-electron chi connectivity index (χ4n) is 3.24. The number of allylic oxidation sites excluding steroid dienone is 2. The predicted molar refractivity (Wildman–Crippen MR) is 68.4 cm³/mol. The molecule has 0 bridgehead atoms. The lowest BCUT2D eigenvalue weighted by atomic mass is 9.73. The molecule has 1 heteroatoms. The Hall–Kier alpha value is -0.820. The van der Waals surface area contributed by atoms with Crippen LogP contribution in [0.3, 0.4) is 0 Å². The second-order valence-electron chi connectivity index (χ2n) is 5.21. The van der Waals surface area contributed by atoms with Crippen molar-refractivity contribution in [3.05, 3.63) is 35.5 Å². The second-order valence-corrected chi connectivity index (χ2v) is 5.21. The van der Waals surface area contributed by atoms with Crippen molar-refractivity contribution in [3.63, 3.8) is 0 Å². The molecule has 1 heterocycles. The Morgan fingerprint density at radius 1 is 1.12 bits per heavy atom. The average molecular weight is 218 g/mol. The normalized spacial score (nSPS) is 29.9. The van der Waals surface area contributed by atoms with Crippen molar-refractivity contribution in [3.8, 4) is 0 Å². The zero-order valence-corrected chi connectivity index (χ0v) is 10.6. The van der Waals surface area contributed by atoms with Gasteiger partial charge in [0, 0.05) is 6.61 Å². The standard InChI is InChI=1S/C15H22O/c1-11(2)13-7-5-8-15(9-6-10-16-15)14(13)12(3)4/h1,3,5-10H2,2,4H3. The first-order chi connectivity index (χ1) is 7.57. The number of ether oxygens (including phenoxy) is 1. The van der Waals surface area contributed by atoms with Crippen molar-refractivity contribution >= 4 is 0 Å². The average Bonchev–Trinajstić information content (AvgIpc) is 2.65. The van der Waals surface area contributed by atoms with Crippen LogP contribution in [0.1, 0.15) is 46.0 Å². The van der Waals surface area contributed by atoms with Crippen molar-refractivity contribution in [1.82, 2.24) is 0 Å². The lowest BCUT2D eigenvalue weighted by Gasteiger charge is -2.38. The van der Waals surface area contributed by atoms with E-state index < -0.39 is 0 Å². The highest BCUT2D eigenvalue weighted by Crippen LogP contribution is 2.47. The van der Waals surface area contributed by atoms with Crippen molar-refractivity contribution < 1.29 is 4.74 Å². The second kappa shape index (κ2) is 4.21. The van der Waals surface area contributed by atoms with E-state index in [2.05, 4.69) is 27.0 Å². The van der Waals surface area contributed by atoms with Gasteiger partial charge in [0.05, 0.1) is 5.60 Å². The van der Waals surface area contributed by atoms with E-state index in [1.807, 2.05) is 0 Å². The highest BCUT2D eigenvalue weighted by molar-refractivity contribution is 5.48. The van der Waals surface area contributed by atoms with Gasteiger partial charge < -0.3 is 4.74 Å². The quantitative estimate of drug-likeness (QED) is 0.676. The largest absolute Gasteiger partial charge is 0.370 e. The summed E-state index contributed by atoms with van der Waals surface area (Å²) in [5.74, 6) is 0. The number of rotatable bonds is 2. The molecule has 2 rings (SSSR count). The maximum absolute atomic E-state index is 6.08. The minimum Gasteiger partial charge on any atom is -0.370 e. The Labute approximate surface area is 98.9 Å². The van der Waals surface area contributed by atoms with Gasteiger partial charge in [0.2, 0.25) is 0 Å². The Morgan fingerprint density at radius 3 is 2.31 bits per heavy atom. The van der Waals surface area contributed by atoms with E-state index >= 15 is 0 Å². The van der Waals surface area contributed by atoms with Crippen LogP contribution in [0.25, 0.3) is 0 Å². The van der Waals surface area contributed by atoms with Crippen LogP contribution in [0.15, 0.2) is 35.5 Å². The summed E-state index contributed by atoms with van der Waals surface area (Å²) in [6, 6.07) is 0. The molecule has 0 saturated carbocycles. The van der Waals surface area contributed by atoms with E-state index in [0.717, 1.165) is 25.9 Å². The zero-order valence-electron chi connectivity index (χ0n) is 10.6. The van der Waals surface area contributed by atoms with Crippen LogP contribution in [0, 0.1) is 0 Å². The van der Waals surface area contributed by atoms with Crippen LogP contribution in [-0.2, 0) is 4.74 Å². The van der Waals surface area contributed by atoms with Gasteiger partial charge in [-0.2, -0.15) is 0 Å². The molecular formula is C15H22O. The summed E-state index contributed by atoms with van der Waals surface area (Å²) in [4.78, 5) is 0.